The monoisotopic (exact) mass is 258 g/mol. The fourth-order valence-electron chi connectivity index (χ4n) is 3.09. The van der Waals surface area contributed by atoms with Gasteiger partial charge in [-0.25, -0.2) is 0 Å². The zero-order valence-electron chi connectivity index (χ0n) is 10.8. The number of hydrogen-bond donors (Lipinski definition) is 2. The third kappa shape index (κ3) is 2.11. The topological polar surface area (TPSA) is 58.2 Å². The Morgan fingerprint density at radius 2 is 1.68 bits per heavy atom. The maximum atomic E-state index is 12.4. The molecule has 100 valence electrons. The van der Waals surface area contributed by atoms with Crippen LogP contribution in [-0.4, -0.2) is 17.4 Å². The first-order valence-electron chi connectivity index (χ1n) is 6.89. The molecule has 1 aromatic rings. The van der Waals surface area contributed by atoms with Gasteiger partial charge in [0.1, 0.15) is 11.6 Å². The first-order valence-corrected chi connectivity index (χ1v) is 6.89. The molecule has 0 unspecified atom stereocenters. The molecule has 4 nitrogen and oxygen atoms in total. The predicted molar refractivity (Wildman–Crippen MR) is 71.3 cm³/mol. The van der Waals surface area contributed by atoms with E-state index in [1.165, 1.54) is 0 Å². The zero-order chi connectivity index (χ0) is 13.3. The Morgan fingerprint density at radius 3 is 2.37 bits per heavy atom. The van der Waals surface area contributed by atoms with Crippen LogP contribution in [0.3, 0.4) is 0 Å². The van der Waals surface area contributed by atoms with Crippen LogP contribution in [0.2, 0.25) is 0 Å². The summed E-state index contributed by atoms with van der Waals surface area (Å²) in [5, 5.41) is 5.87. The highest BCUT2D eigenvalue weighted by molar-refractivity contribution is 6.00. The summed E-state index contributed by atoms with van der Waals surface area (Å²) in [4.78, 5) is 24.7. The van der Waals surface area contributed by atoms with Crippen LogP contribution < -0.4 is 10.6 Å². The van der Waals surface area contributed by atoms with Gasteiger partial charge in [0.25, 0.3) is 0 Å². The van der Waals surface area contributed by atoms with Crippen LogP contribution >= 0.6 is 0 Å². The van der Waals surface area contributed by atoms with E-state index in [0.29, 0.717) is 0 Å². The van der Waals surface area contributed by atoms with Gasteiger partial charge in [0.15, 0.2) is 0 Å². The molecule has 19 heavy (non-hydrogen) atoms. The fraction of sp³-hybridized carbons (Fsp3) is 0.467. The van der Waals surface area contributed by atoms with Crippen molar-refractivity contribution in [2.75, 3.05) is 0 Å². The first-order chi connectivity index (χ1) is 9.21. The first kappa shape index (κ1) is 12.2. The molecule has 1 aliphatic heterocycles. The number of carbonyl (C=O) groups is 2. The van der Waals surface area contributed by atoms with Gasteiger partial charge in [0.2, 0.25) is 11.8 Å². The molecule has 0 aromatic heterocycles. The van der Waals surface area contributed by atoms with Gasteiger partial charge in [-0.15, -0.1) is 0 Å². The molecule has 1 aromatic carbocycles. The molecule has 1 atom stereocenters. The molecule has 3 rings (SSSR count). The van der Waals surface area contributed by atoms with Crippen LogP contribution in [-0.2, 0) is 9.59 Å². The van der Waals surface area contributed by atoms with Gasteiger partial charge in [-0.1, -0.05) is 49.6 Å². The van der Waals surface area contributed by atoms with Gasteiger partial charge in [-0.05, 0) is 18.4 Å². The number of piperazine rings is 1. The third-order valence-corrected chi connectivity index (χ3v) is 4.17. The Kier molecular flexibility index (Phi) is 3.01. The second-order valence-corrected chi connectivity index (χ2v) is 5.45. The number of carbonyl (C=O) groups excluding carboxylic acids is 2. The van der Waals surface area contributed by atoms with Crippen LogP contribution in [0.4, 0.5) is 0 Å². The van der Waals surface area contributed by atoms with E-state index in [0.717, 1.165) is 37.7 Å². The Bertz CT molecular complexity index is 492. The maximum Gasteiger partial charge on any atom is 0.248 e. The summed E-state index contributed by atoms with van der Waals surface area (Å²) in [6, 6.07) is 8.82. The number of hydrogen-bond acceptors (Lipinski definition) is 2. The smallest absolute Gasteiger partial charge is 0.248 e. The van der Waals surface area contributed by atoms with Crippen LogP contribution in [0.15, 0.2) is 30.3 Å². The molecular formula is C15H18N2O2. The van der Waals surface area contributed by atoms with Crippen molar-refractivity contribution in [3.8, 4) is 0 Å². The molecule has 2 amide bonds. The average Bonchev–Trinajstić information content (AvgIpc) is 2.45. The van der Waals surface area contributed by atoms with Crippen molar-refractivity contribution >= 4 is 11.8 Å². The quantitative estimate of drug-likeness (QED) is 0.805. The number of rotatable bonds is 1. The largest absolute Gasteiger partial charge is 0.340 e. The summed E-state index contributed by atoms with van der Waals surface area (Å²) in [5.41, 5.74) is 0.180. The van der Waals surface area contributed by atoms with Gasteiger partial charge in [0.05, 0.1) is 0 Å². The predicted octanol–water partition coefficient (Wildman–Crippen LogP) is 1.68. The minimum absolute atomic E-state index is 0.0272. The summed E-state index contributed by atoms with van der Waals surface area (Å²) in [7, 11) is 0. The molecule has 1 spiro atoms. The van der Waals surface area contributed by atoms with Crippen molar-refractivity contribution in [3.63, 3.8) is 0 Å². The Hall–Kier alpha value is -1.84. The summed E-state index contributed by atoms with van der Waals surface area (Å²) >= 11 is 0. The van der Waals surface area contributed by atoms with Crippen LogP contribution in [0.5, 0.6) is 0 Å². The van der Waals surface area contributed by atoms with Gasteiger partial charge in [-0.2, -0.15) is 0 Å². The molecule has 2 N–H and O–H groups in total. The lowest BCUT2D eigenvalue weighted by molar-refractivity contribution is -0.143. The molecule has 1 saturated carbocycles. The Labute approximate surface area is 112 Å². The molecule has 0 radical (unpaired) electrons. The number of benzene rings is 1. The van der Waals surface area contributed by atoms with Gasteiger partial charge >= 0.3 is 0 Å². The lowest BCUT2D eigenvalue weighted by Crippen LogP contribution is -2.67. The molecule has 1 aliphatic carbocycles. The molecule has 4 heteroatoms. The standard InChI is InChI=1S/C15H18N2O2/c18-13-12(11-7-3-1-4-8-11)16-14(19)15(17-13)9-5-2-6-10-15/h1,3-4,7-8,12H,2,5-6,9-10H2,(H,16,19)(H,17,18)/t12-/m1/s1. The average molecular weight is 258 g/mol. The second-order valence-electron chi connectivity index (χ2n) is 5.45. The van der Waals surface area contributed by atoms with E-state index in [1.807, 2.05) is 30.3 Å². The summed E-state index contributed by atoms with van der Waals surface area (Å²) in [5.74, 6) is -0.117. The number of amides is 2. The van der Waals surface area contributed by atoms with Crippen LogP contribution in [0.25, 0.3) is 0 Å². The van der Waals surface area contributed by atoms with E-state index in [2.05, 4.69) is 10.6 Å². The fourth-order valence-corrected chi connectivity index (χ4v) is 3.09. The Morgan fingerprint density at radius 1 is 1.00 bits per heavy atom. The van der Waals surface area contributed by atoms with Crippen molar-refractivity contribution in [2.45, 2.75) is 43.7 Å². The van der Waals surface area contributed by atoms with Crippen molar-refractivity contribution in [1.29, 1.82) is 0 Å². The highest BCUT2D eigenvalue weighted by Crippen LogP contribution is 2.32. The van der Waals surface area contributed by atoms with Gasteiger partial charge in [0, 0.05) is 0 Å². The molecule has 2 aliphatic rings. The lowest BCUT2D eigenvalue weighted by atomic mass is 9.79. The highest BCUT2D eigenvalue weighted by Gasteiger charge is 2.46. The molecule has 1 saturated heterocycles. The van der Waals surface area contributed by atoms with E-state index in [4.69, 9.17) is 0 Å². The van der Waals surface area contributed by atoms with E-state index in [-0.39, 0.29) is 11.8 Å². The minimum atomic E-state index is -0.652. The summed E-state index contributed by atoms with van der Waals surface area (Å²) in [6.07, 6.45) is 4.67. The van der Waals surface area contributed by atoms with E-state index in [1.54, 1.807) is 0 Å². The van der Waals surface area contributed by atoms with Crippen molar-refractivity contribution in [2.24, 2.45) is 0 Å². The maximum absolute atomic E-state index is 12.4. The molecule has 0 bridgehead atoms. The number of nitrogens with one attached hydrogen (secondary N) is 2. The lowest BCUT2D eigenvalue weighted by Gasteiger charge is -2.42. The third-order valence-electron chi connectivity index (χ3n) is 4.17. The van der Waals surface area contributed by atoms with Crippen molar-refractivity contribution < 1.29 is 9.59 Å². The van der Waals surface area contributed by atoms with Crippen LogP contribution in [0, 0.1) is 0 Å². The SMILES string of the molecule is O=C1NC2(CCCCC2)C(=O)N[C@@H]1c1ccccc1. The van der Waals surface area contributed by atoms with Gasteiger partial charge in [-0.3, -0.25) is 9.59 Å². The summed E-state index contributed by atoms with van der Waals surface area (Å²) in [6.45, 7) is 0. The van der Waals surface area contributed by atoms with E-state index in [9.17, 15) is 9.59 Å². The molecule has 2 fully saturated rings. The van der Waals surface area contributed by atoms with Crippen LogP contribution in [0.1, 0.15) is 43.7 Å². The van der Waals surface area contributed by atoms with E-state index >= 15 is 0 Å². The van der Waals surface area contributed by atoms with Crippen molar-refractivity contribution in [1.82, 2.24) is 10.6 Å². The van der Waals surface area contributed by atoms with Crippen molar-refractivity contribution in [3.05, 3.63) is 35.9 Å². The van der Waals surface area contributed by atoms with E-state index < -0.39 is 11.6 Å². The molecular weight excluding hydrogens is 240 g/mol. The normalized spacial score (nSPS) is 25.8. The Balaban J connectivity index is 1.83. The second kappa shape index (κ2) is 4.68. The molecule has 1 heterocycles. The zero-order valence-corrected chi connectivity index (χ0v) is 10.8. The van der Waals surface area contributed by atoms with Gasteiger partial charge < -0.3 is 10.6 Å². The minimum Gasteiger partial charge on any atom is -0.340 e. The highest BCUT2D eigenvalue weighted by atomic mass is 16.2. The summed E-state index contributed by atoms with van der Waals surface area (Å²) < 4.78 is 0.